The minimum Gasteiger partial charge on any atom is -0.494 e. The van der Waals surface area contributed by atoms with Gasteiger partial charge in [-0.2, -0.15) is 0 Å². The zero-order chi connectivity index (χ0) is 20.0. The Kier molecular flexibility index (Phi) is 4.41. The summed E-state index contributed by atoms with van der Waals surface area (Å²) in [6.45, 7) is 4.18. The first-order valence-corrected chi connectivity index (χ1v) is 9.92. The molecule has 4 heterocycles. The second-order valence-electron chi connectivity index (χ2n) is 7.66. The van der Waals surface area contributed by atoms with Crippen molar-refractivity contribution in [2.75, 3.05) is 20.2 Å². The fourth-order valence-corrected chi connectivity index (χ4v) is 4.12. The maximum absolute atomic E-state index is 6.10. The molecule has 4 aromatic rings. The molecule has 7 nitrogen and oxygen atoms in total. The normalized spacial score (nSPS) is 18.5. The molecule has 0 amide bonds. The average molecular weight is 388 g/mol. The smallest absolute Gasteiger partial charge is 0.187 e. The number of para-hydroxylation sites is 1. The summed E-state index contributed by atoms with van der Waals surface area (Å²) in [5.41, 5.74) is 9.70. The van der Waals surface area contributed by atoms with Crippen molar-refractivity contribution in [3.8, 4) is 17.3 Å². The highest BCUT2D eigenvalue weighted by atomic mass is 16.5. The number of nitrogens with two attached hydrogens (primary N) is 1. The predicted molar refractivity (Wildman–Crippen MR) is 113 cm³/mol. The molecule has 1 aliphatic heterocycles. The zero-order valence-corrected chi connectivity index (χ0v) is 16.6. The lowest BCUT2D eigenvalue weighted by Gasteiger charge is -2.24. The molecule has 1 aromatic carbocycles. The maximum Gasteiger partial charge on any atom is 0.187 e. The van der Waals surface area contributed by atoms with E-state index in [-0.39, 0.29) is 12.1 Å². The number of aromatic nitrogens is 4. The second-order valence-corrected chi connectivity index (χ2v) is 7.66. The summed E-state index contributed by atoms with van der Waals surface area (Å²) in [7, 11) is 1.66. The van der Waals surface area contributed by atoms with Crippen molar-refractivity contribution in [3.05, 3.63) is 54.2 Å². The highest BCUT2D eigenvalue weighted by molar-refractivity contribution is 5.86. The van der Waals surface area contributed by atoms with E-state index in [4.69, 9.17) is 15.5 Å². The zero-order valence-electron chi connectivity index (χ0n) is 16.6. The van der Waals surface area contributed by atoms with Crippen molar-refractivity contribution in [1.82, 2.24) is 24.5 Å². The van der Waals surface area contributed by atoms with Crippen LogP contribution in [0, 0.1) is 0 Å². The van der Waals surface area contributed by atoms with Crippen molar-refractivity contribution in [2.45, 2.75) is 25.4 Å². The summed E-state index contributed by atoms with van der Waals surface area (Å²) in [5, 5.41) is 9.78. The van der Waals surface area contributed by atoms with Gasteiger partial charge in [0.05, 0.1) is 7.11 Å². The standard InChI is InChI=1S/C22H24N6O/c1-14(27-11-10-17(23)13-27)16-7-9-20-25-26-22(28(20)12-16)18-8-6-15-4-3-5-19(29-2)21(15)24-18/h3-9,12,14,17H,10-11,13,23H2,1-2H3/t14-,17+/m1/s1. The molecule has 1 saturated heterocycles. The number of hydrogen-bond donors (Lipinski definition) is 1. The Hall–Kier alpha value is -3.03. The number of methoxy groups -OCH3 is 1. The molecule has 2 atom stereocenters. The predicted octanol–water partition coefficient (Wildman–Crippen LogP) is 3.05. The fourth-order valence-electron chi connectivity index (χ4n) is 4.12. The Morgan fingerprint density at radius 3 is 2.83 bits per heavy atom. The summed E-state index contributed by atoms with van der Waals surface area (Å²) in [6.07, 6.45) is 3.17. The number of pyridine rings is 2. The third-order valence-electron chi connectivity index (χ3n) is 5.84. The van der Waals surface area contributed by atoms with E-state index in [1.165, 1.54) is 5.56 Å². The fraction of sp³-hybridized carbons (Fsp3) is 0.318. The second kappa shape index (κ2) is 7.09. The Balaban J connectivity index is 1.58. The van der Waals surface area contributed by atoms with Gasteiger partial charge in [0.15, 0.2) is 11.5 Å². The lowest BCUT2D eigenvalue weighted by molar-refractivity contribution is 0.259. The summed E-state index contributed by atoms with van der Waals surface area (Å²) in [4.78, 5) is 7.25. The SMILES string of the molecule is COc1cccc2ccc(-c3nnc4ccc([C@@H](C)N5CC[C@H](N)C5)cn34)nc12. The highest BCUT2D eigenvalue weighted by Crippen LogP contribution is 2.28. The molecule has 0 saturated carbocycles. The molecule has 1 aliphatic rings. The van der Waals surface area contributed by atoms with Crippen LogP contribution in [0.3, 0.4) is 0 Å². The third kappa shape index (κ3) is 3.12. The van der Waals surface area contributed by atoms with E-state index in [0.29, 0.717) is 0 Å². The third-order valence-corrected chi connectivity index (χ3v) is 5.84. The van der Waals surface area contributed by atoms with Crippen LogP contribution < -0.4 is 10.5 Å². The molecule has 0 spiro atoms. The number of hydrogen-bond acceptors (Lipinski definition) is 6. The van der Waals surface area contributed by atoms with Crippen molar-refractivity contribution in [1.29, 1.82) is 0 Å². The molecular formula is C22H24N6O. The van der Waals surface area contributed by atoms with Crippen LogP contribution in [0.1, 0.15) is 24.9 Å². The molecule has 0 bridgehead atoms. The van der Waals surface area contributed by atoms with Gasteiger partial charge in [0.2, 0.25) is 0 Å². The minimum atomic E-state index is 0.267. The molecule has 0 unspecified atom stereocenters. The van der Waals surface area contributed by atoms with E-state index in [1.54, 1.807) is 7.11 Å². The van der Waals surface area contributed by atoms with E-state index in [9.17, 15) is 0 Å². The maximum atomic E-state index is 6.10. The average Bonchev–Trinajstić information content (AvgIpc) is 3.38. The van der Waals surface area contributed by atoms with Gasteiger partial charge in [0.1, 0.15) is 17.0 Å². The topological polar surface area (TPSA) is 81.6 Å². The first-order chi connectivity index (χ1) is 14.1. The highest BCUT2D eigenvalue weighted by Gasteiger charge is 2.25. The van der Waals surface area contributed by atoms with Gasteiger partial charge in [-0.3, -0.25) is 9.30 Å². The number of rotatable bonds is 4. The Morgan fingerprint density at radius 1 is 1.14 bits per heavy atom. The first kappa shape index (κ1) is 18.0. The van der Waals surface area contributed by atoms with E-state index in [1.807, 2.05) is 40.8 Å². The van der Waals surface area contributed by atoms with Crippen LogP contribution in [-0.2, 0) is 0 Å². The van der Waals surface area contributed by atoms with Crippen molar-refractivity contribution >= 4 is 16.6 Å². The Labute approximate surface area is 169 Å². The van der Waals surface area contributed by atoms with Crippen LogP contribution in [0.4, 0.5) is 0 Å². The van der Waals surface area contributed by atoms with Crippen molar-refractivity contribution in [3.63, 3.8) is 0 Å². The molecule has 1 fully saturated rings. The van der Waals surface area contributed by atoms with Crippen molar-refractivity contribution in [2.24, 2.45) is 5.73 Å². The van der Waals surface area contributed by atoms with E-state index in [2.05, 4.69) is 34.3 Å². The van der Waals surface area contributed by atoms with Crippen LogP contribution in [0.15, 0.2) is 48.7 Å². The van der Waals surface area contributed by atoms with Crippen LogP contribution in [-0.4, -0.2) is 50.7 Å². The molecular weight excluding hydrogens is 364 g/mol. The monoisotopic (exact) mass is 388 g/mol. The lowest BCUT2D eigenvalue weighted by atomic mass is 10.1. The summed E-state index contributed by atoms with van der Waals surface area (Å²) < 4.78 is 7.50. The molecule has 0 radical (unpaired) electrons. The van der Waals surface area contributed by atoms with Gasteiger partial charge in [-0.05, 0) is 37.1 Å². The van der Waals surface area contributed by atoms with Crippen LogP contribution >= 0.6 is 0 Å². The van der Waals surface area contributed by atoms with E-state index < -0.39 is 0 Å². The molecule has 5 rings (SSSR count). The van der Waals surface area contributed by atoms with Gasteiger partial charge in [-0.15, -0.1) is 10.2 Å². The number of ether oxygens (including phenoxy) is 1. The Morgan fingerprint density at radius 2 is 2.03 bits per heavy atom. The first-order valence-electron chi connectivity index (χ1n) is 9.92. The van der Waals surface area contributed by atoms with Crippen LogP contribution in [0.25, 0.3) is 28.1 Å². The summed E-state index contributed by atoms with van der Waals surface area (Å²) >= 11 is 0. The van der Waals surface area contributed by atoms with Gasteiger partial charge in [0, 0.05) is 36.8 Å². The lowest BCUT2D eigenvalue weighted by Crippen LogP contribution is -2.28. The van der Waals surface area contributed by atoms with Crippen molar-refractivity contribution < 1.29 is 4.74 Å². The number of benzene rings is 1. The number of nitrogens with zero attached hydrogens (tertiary/aromatic N) is 5. The van der Waals surface area contributed by atoms with Gasteiger partial charge in [-0.1, -0.05) is 24.3 Å². The minimum absolute atomic E-state index is 0.267. The quantitative estimate of drug-likeness (QED) is 0.579. The van der Waals surface area contributed by atoms with Crippen LogP contribution in [0.2, 0.25) is 0 Å². The molecule has 148 valence electrons. The molecule has 2 N–H and O–H groups in total. The van der Waals surface area contributed by atoms with Gasteiger partial charge in [0.25, 0.3) is 0 Å². The Bertz CT molecular complexity index is 1190. The van der Waals surface area contributed by atoms with E-state index in [0.717, 1.165) is 53.3 Å². The van der Waals surface area contributed by atoms with E-state index >= 15 is 0 Å². The number of fused-ring (bicyclic) bond motifs is 2. The molecule has 3 aromatic heterocycles. The van der Waals surface area contributed by atoms with Gasteiger partial charge < -0.3 is 10.5 Å². The number of likely N-dealkylation sites (tertiary alicyclic amines) is 1. The van der Waals surface area contributed by atoms with Gasteiger partial charge >= 0.3 is 0 Å². The van der Waals surface area contributed by atoms with Gasteiger partial charge in [-0.25, -0.2) is 4.98 Å². The molecule has 7 heteroatoms. The molecule has 0 aliphatic carbocycles. The summed E-state index contributed by atoms with van der Waals surface area (Å²) in [6, 6.07) is 14.6. The summed E-state index contributed by atoms with van der Waals surface area (Å²) in [5.74, 6) is 1.47. The molecule has 29 heavy (non-hydrogen) atoms. The largest absolute Gasteiger partial charge is 0.494 e. The van der Waals surface area contributed by atoms with Crippen LogP contribution in [0.5, 0.6) is 5.75 Å².